The monoisotopic (exact) mass is 894 g/mol. The number of fused-ring (bicyclic) bond motifs is 10. The van der Waals surface area contributed by atoms with Crippen LogP contribution < -0.4 is 41.6 Å². The molecule has 0 unspecified atom stereocenters. The van der Waals surface area contributed by atoms with Crippen molar-refractivity contribution in [3.05, 3.63) is 231 Å². The molecule has 2 nitrogen and oxygen atoms in total. The molecule has 1 aliphatic heterocycles. The van der Waals surface area contributed by atoms with E-state index in [2.05, 4.69) is 261 Å². The Morgan fingerprint density at radius 2 is 0.597 bits per heavy atom. The van der Waals surface area contributed by atoms with E-state index in [0.29, 0.717) is 0 Å². The Hall–Kier alpha value is -7.34. The summed E-state index contributed by atoms with van der Waals surface area (Å²) in [6.07, 6.45) is 0. The molecule has 0 bridgehead atoms. The van der Waals surface area contributed by atoms with E-state index in [1.165, 1.54) is 119 Å². The zero-order valence-electron chi connectivity index (χ0n) is 37.8. The molecule has 67 heavy (non-hydrogen) atoms. The van der Waals surface area contributed by atoms with Crippen molar-refractivity contribution in [2.45, 2.75) is 0 Å². The second-order valence-corrected chi connectivity index (χ2v) is 24.5. The SMILES string of the molecule is CN1c2cc3ccccc3cc2P(c2ccccc2)c2cc3ccccc3cc2N(C)c2cc3cc4ccccc4cc3cc2[PH](C)(c2ccccc2)c2cc3cc4ccccc4cc3cc21. The third-order valence-corrected chi connectivity index (χ3v) is 21.6. The Balaban J connectivity index is 1.25. The molecular weight excluding hydrogens is 847 g/mol. The molecule has 0 saturated heterocycles. The summed E-state index contributed by atoms with van der Waals surface area (Å²) in [5.74, 6) is 0. The number of hydrogen-bond acceptors (Lipinski definition) is 2. The Bertz CT molecular complexity index is 3720. The van der Waals surface area contributed by atoms with Crippen molar-refractivity contribution >= 4 is 134 Å². The average molecular weight is 895 g/mol. The van der Waals surface area contributed by atoms with Crippen molar-refractivity contribution in [2.24, 2.45) is 0 Å². The van der Waals surface area contributed by atoms with Crippen LogP contribution in [-0.2, 0) is 0 Å². The zero-order valence-corrected chi connectivity index (χ0v) is 39.7. The van der Waals surface area contributed by atoms with Gasteiger partial charge in [-0.15, -0.1) is 0 Å². The van der Waals surface area contributed by atoms with Gasteiger partial charge in [-0.2, -0.15) is 0 Å². The third kappa shape index (κ3) is 6.47. The summed E-state index contributed by atoms with van der Waals surface area (Å²) < 4.78 is 0. The van der Waals surface area contributed by atoms with Crippen molar-refractivity contribution in [2.75, 3.05) is 30.6 Å². The molecule has 0 atom stereocenters. The summed E-state index contributed by atoms with van der Waals surface area (Å²) in [6, 6.07) is 88.0. The molecule has 0 N–H and O–H groups in total. The molecule has 0 aromatic heterocycles. The maximum absolute atomic E-state index is 2.99. The molecule has 12 aromatic carbocycles. The second-order valence-electron chi connectivity index (χ2n) is 18.5. The van der Waals surface area contributed by atoms with Gasteiger partial charge < -0.3 is 0 Å². The Labute approximate surface area is 393 Å². The van der Waals surface area contributed by atoms with Crippen molar-refractivity contribution in [1.29, 1.82) is 0 Å². The van der Waals surface area contributed by atoms with E-state index in [9.17, 15) is 0 Å². The number of nitrogens with zero attached hydrogens (tertiary/aromatic N) is 2. The summed E-state index contributed by atoms with van der Waals surface area (Å²) in [5, 5.41) is 23.1. The summed E-state index contributed by atoms with van der Waals surface area (Å²) in [6.45, 7) is 2.62. The van der Waals surface area contributed by atoms with E-state index in [1.807, 2.05) is 0 Å². The Morgan fingerprint density at radius 1 is 0.299 bits per heavy atom. The van der Waals surface area contributed by atoms with Crippen molar-refractivity contribution in [3.8, 4) is 0 Å². The summed E-state index contributed by atoms with van der Waals surface area (Å²) in [4.78, 5) is 5.14. The van der Waals surface area contributed by atoms with Crippen molar-refractivity contribution in [3.63, 3.8) is 0 Å². The molecule has 1 aliphatic rings. The van der Waals surface area contributed by atoms with Crippen LogP contribution in [0.25, 0.3) is 64.6 Å². The topological polar surface area (TPSA) is 6.48 Å². The van der Waals surface area contributed by atoms with E-state index >= 15 is 0 Å². The molecule has 0 saturated carbocycles. The van der Waals surface area contributed by atoms with Gasteiger partial charge in [0.15, 0.2) is 0 Å². The number of benzene rings is 12. The van der Waals surface area contributed by atoms with Crippen LogP contribution in [0, 0.1) is 0 Å². The Kier molecular flexibility index (Phi) is 9.33. The van der Waals surface area contributed by atoms with Gasteiger partial charge in [0.05, 0.1) is 0 Å². The first-order chi connectivity index (χ1) is 32.9. The van der Waals surface area contributed by atoms with Crippen LogP contribution in [0.4, 0.5) is 22.7 Å². The normalized spacial score (nSPS) is 15.2. The average Bonchev–Trinajstić information content (AvgIpc) is 3.38. The first kappa shape index (κ1) is 40.0. The molecule has 1 heterocycles. The number of rotatable bonds is 2. The van der Waals surface area contributed by atoms with Gasteiger partial charge in [0.2, 0.25) is 0 Å². The predicted octanol–water partition coefficient (Wildman–Crippen LogP) is 13.9. The fourth-order valence-corrected chi connectivity index (χ4v) is 18.0. The van der Waals surface area contributed by atoms with Gasteiger partial charge in [0, 0.05) is 0 Å². The van der Waals surface area contributed by atoms with E-state index in [4.69, 9.17) is 0 Å². The molecule has 4 heteroatoms. The first-order valence-electron chi connectivity index (χ1n) is 23.3. The Morgan fingerprint density at radius 3 is 0.985 bits per heavy atom. The van der Waals surface area contributed by atoms with Crippen molar-refractivity contribution in [1.82, 2.24) is 0 Å². The molecule has 0 amide bonds. The molecule has 0 aliphatic carbocycles. The minimum absolute atomic E-state index is 1.13. The van der Waals surface area contributed by atoms with Crippen molar-refractivity contribution < 1.29 is 0 Å². The molecule has 12 aromatic rings. The quantitative estimate of drug-likeness (QED) is 0.126. The van der Waals surface area contributed by atoms with Gasteiger partial charge >= 0.3 is 395 Å². The zero-order chi connectivity index (χ0) is 44.8. The molecule has 320 valence electrons. The number of anilines is 4. The van der Waals surface area contributed by atoms with Crippen LogP contribution in [0.2, 0.25) is 0 Å². The summed E-state index contributed by atoms with van der Waals surface area (Å²) in [5.41, 5.74) is 4.94. The van der Waals surface area contributed by atoms with Crippen LogP contribution >= 0.6 is 15.2 Å². The van der Waals surface area contributed by atoms with Gasteiger partial charge in [0.25, 0.3) is 0 Å². The summed E-state index contributed by atoms with van der Waals surface area (Å²) in [7, 11) is 0.558. The van der Waals surface area contributed by atoms with Crippen LogP contribution in [0.5, 0.6) is 0 Å². The first-order valence-corrected chi connectivity index (χ1v) is 27.1. The van der Waals surface area contributed by atoms with Crippen LogP contribution in [0.1, 0.15) is 0 Å². The second kappa shape index (κ2) is 15.6. The van der Waals surface area contributed by atoms with Crippen LogP contribution in [0.15, 0.2) is 231 Å². The molecule has 0 spiro atoms. The van der Waals surface area contributed by atoms with E-state index in [-0.39, 0.29) is 0 Å². The number of hydrogen-bond donors (Lipinski definition) is 0. The fraction of sp³-hybridized carbons (Fsp3) is 0.0476. The van der Waals surface area contributed by atoms with Gasteiger partial charge in [-0.3, -0.25) is 0 Å². The van der Waals surface area contributed by atoms with Gasteiger partial charge in [-0.05, 0) is 0 Å². The molecule has 0 radical (unpaired) electrons. The maximum atomic E-state index is 2.62. The molecule has 13 rings (SSSR count). The van der Waals surface area contributed by atoms with Gasteiger partial charge in [-0.25, -0.2) is 0 Å². The predicted molar refractivity (Wildman–Crippen MR) is 299 cm³/mol. The molecule has 0 fully saturated rings. The standard InChI is InChI=1S/C63H48N2P2/c1-64-56-34-46-22-14-16-24-48(46)38-60(56)66(54-26-6-4-7-27-54)61-39-49-25-17-15-23-47(49)35-57(61)65(2)59-37-51-31-43-19-11-13-21-45(43)33-53(51)41-63(59)67(3,55-28-8-5-9-29-55)62-40-52-32-44-20-12-10-18-42(44)30-50(52)36-58(62)64/h4-41,67H,1-3H3. The fourth-order valence-electron chi connectivity index (χ4n) is 11.1. The van der Waals surface area contributed by atoms with Gasteiger partial charge in [-0.1, -0.05) is 0 Å². The summed E-state index contributed by atoms with van der Waals surface area (Å²) >= 11 is 0. The van der Waals surface area contributed by atoms with E-state index < -0.39 is 15.2 Å². The van der Waals surface area contributed by atoms with Gasteiger partial charge in [0.1, 0.15) is 0 Å². The third-order valence-electron chi connectivity index (χ3n) is 14.7. The van der Waals surface area contributed by atoms with Crippen LogP contribution in [0.3, 0.4) is 0 Å². The molecular formula is C63H48N2P2. The van der Waals surface area contributed by atoms with Crippen LogP contribution in [-0.4, -0.2) is 20.8 Å². The minimum atomic E-state index is -2.99. The van der Waals surface area contributed by atoms with E-state index in [1.54, 1.807) is 0 Å². The van der Waals surface area contributed by atoms with E-state index in [0.717, 1.165) is 0 Å².